The first kappa shape index (κ1) is 22.0. The fraction of sp³-hybridized carbons (Fsp3) is 0.200. The molecule has 0 radical (unpaired) electrons. The predicted molar refractivity (Wildman–Crippen MR) is 128 cm³/mol. The first-order valence-corrected chi connectivity index (χ1v) is 10.7. The monoisotopic (exact) mass is 442 g/mol. The topological polar surface area (TPSA) is 93.8 Å². The first-order chi connectivity index (χ1) is 15.8. The van der Waals surface area contributed by atoms with E-state index in [-0.39, 0.29) is 12.1 Å². The Morgan fingerprint density at radius 1 is 0.758 bits per heavy atom. The fourth-order valence-electron chi connectivity index (χ4n) is 3.74. The number of carbonyl (C=O) groups excluding carboxylic acids is 2. The summed E-state index contributed by atoms with van der Waals surface area (Å²) in [6, 6.07) is 18.4. The van der Waals surface area contributed by atoms with Crippen molar-refractivity contribution in [1.82, 2.24) is 19.6 Å². The summed E-state index contributed by atoms with van der Waals surface area (Å²) in [4.78, 5) is 25.1. The fourth-order valence-corrected chi connectivity index (χ4v) is 3.74. The molecule has 0 aliphatic rings. The van der Waals surface area contributed by atoms with E-state index in [1.54, 1.807) is 0 Å². The van der Waals surface area contributed by atoms with E-state index in [9.17, 15) is 9.59 Å². The maximum atomic E-state index is 12.7. The van der Waals surface area contributed by atoms with Crippen molar-refractivity contribution in [3.05, 3.63) is 94.6 Å². The summed E-state index contributed by atoms with van der Waals surface area (Å²) in [6.07, 6.45) is 0.624. The van der Waals surface area contributed by atoms with Gasteiger partial charge >= 0.3 is 12.1 Å². The van der Waals surface area contributed by atoms with E-state index in [2.05, 4.69) is 20.8 Å². The molecule has 168 valence electrons. The normalized spacial score (nSPS) is 10.8. The second-order valence-electron chi connectivity index (χ2n) is 8.07. The highest BCUT2D eigenvalue weighted by Crippen LogP contribution is 2.21. The molecule has 2 aromatic carbocycles. The van der Waals surface area contributed by atoms with Crippen molar-refractivity contribution in [2.45, 2.75) is 34.1 Å². The van der Waals surface area contributed by atoms with Crippen LogP contribution in [0, 0.1) is 27.7 Å². The number of para-hydroxylation sites is 1. The van der Waals surface area contributed by atoms with E-state index >= 15 is 0 Å². The maximum absolute atomic E-state index is 12.7. The van der Waals surface area contributed by atoms with Crippen LogP contribution in [-0.4, -0.2) is 31.6 Å². The lowest BCUT2D eigenvalue weighted by Crippen LogP contribution is -2.22. The number of anilines is 2. The number of amides is 2. The van der Waals surface area contributed by atoms with E-state index in [4.69, 9.17) is 0 Å². The van der Waals surface area contributed by atoms with Crippen molar-refractivity contribution in [3.8, 4) is 0 Å². The molecule has 2 aromatic heterocycles. The van der Waals surface area contributed by atoms with Gasteiger partial charge in [0.2, 0.25) is 0 Å². The number of benzene rings is 2. The molecular formula is C25H26N6O2. The molecule has 0 aliphatic carbocycles. The van der Waals surface area contributed by atoms with Gasteiger partial charge in [-0.1, -0.05) is 30.3 Å². The van der Waals surface area contributed by atoms with Crippen molar-refractivity contribution >= 4 is 23.4 Å². The van der Waals surface area contributed by atoms with Gasteiger partial charge in [-0.25, -0.2) is 9.59 Å². The Bertz CT molecular complexity index is 1320. The molecule has 2 heterocycles. The van der Waals surface area contributed by atoms with Gasteiger partial charge in [0.25, 0.3) is 0 Å². The van der Waals surface area contributed by atoms with Crippen LogP contribution in [0.25, 0.3) is 0 Å². The molecule has 8 heteroatoms. The van der Waals surface area contributed by atoms with Crippen LogP contribution in [0.5, 0.6) is 0 Å². The number of carbonyl (C=O) groups is 2. The SMILES string of the molecule is Cc1cc(C)n(C(=O)Nc2ccc(Cc3ccccc3NC(=O)n3nc(C)cc3C)cc2)n1. The Morgan fingerprint density at radius 2 is 1.30 bits per heavy atom. The lowest BCUT2D eigenvalue weighted by molar-refractivity contribution is 0.249. The van der Waals surface area contributed by atoms with E-state index in [0.717, 1.165) is 39.6 Å². The van der Waals surface area contributed by atoms with Crippen LogP contribution in [0.2, 0.25) is 0 Å². The molecule has 0 aliphatic heterocycles. The number of nitrogens with one attached hydrogen (secondary N) is 2. The zero-order chi connectivity index (χ0) is 23.5. The third kappa shape index (κ3) is 5.01. The lowest BCUT2D eigenvalue weighted by Gasteiger charge is -2.12. The lowest BCUT2D eigenvalue weighted by atomic mass is 10.0. The van der Waals surface area contributed by atoms with Crippen LogP contribution in [-0.2, 0) is 6.42 Å². The molecule has 0 unspecified atom stereocenters. The smallest absolute Gasteiger partial charge is 0.306 e. The van der Waals surface area contributed by atoms with Gasteiger partial charge in [-0.05, 0) is 75.6 Å². The number of rotatable bonds is 4. The van der Waals surface area contributed by atoms with Crippen LogP contribution >= 0.6 is 0 Å². The van der Waals surface area contributed by atoms with Crippen molar-refractivity contribution in [2.75, 3.05) is 10.6 Å². The predicted octanol–water partition coefficient (Wildman–Crippen LogP) is 5.06. The Labute approximate surface area is 192 Å². The molecule has 8 nitrogen and oxygen atoms in total. The Balaban J connectivity index is 1.45. The highest BCUT2D eigenvalue weighted by molar-refractivity contribution is 5.92. The van der Waals surface area contributed by atoms with Gasteiger partial charge in [-0.15, -0.1) is 0 Å². The third-order valence-corrected chi connectivity index (χ3v) is 5.26. The summed E-state index contributed by atoms with van der Waals surface area (Å²) in [5, 5.41) is 14.3. The highest BCUT2D eigenvalue weighted by Gasteiger charge is 2.13. The third-order valence-electron chi connectivity index (χ3n) is 5.26. The minimum atomic E-state index is -0.300. The first-order valence-electron chi connectivity index (χ1n) is 10.7. The highest BCUT2D eigenvalue weighted by atomic mass is 16.2. The molecule has 4 aromatic rings. The molecule has 4 rings (SSSR count). The summed E-state index contributed by atoms with van der Waals surface area (Å²) in [6.45, 7) is 7.39. The number of aromatic nitrogens is 4. The van der Waals surface area contributed by atoms with Gasteiger partial charge < -0.3 is 10.6 Å². The van der Waals surface area contributed by atoms with Gasteiger partial charge in [0.15, 0.2) is 0 Å². The van der Waals surface area contributed by atoms with Crippen molar-refractivity contribution < 1.29 is 9.59 Å². The van der Waals surface area contributed by atoms with E-state index < -0.39 is 0 Å². The summed E-state index contributed by atoms with van der Waals surface area (Å²) in [5.41, 5.74) is 6.59. The standard InChI is InChI=1S/C25H26N6O2/c1-16-13-18(3)30(28-16)24(32)26-22-11-9-20(10-12-22)15-21-7-5-6-8-23(21)27-25(33)31-19(4)14-17(2)29-31/h5-14H,15H2,1-4H3,(H,26,32)(H,27,33). The molecule has 0 saturated carbocycles. The van der Waals surface area contributed by atoms with E-state index in [1.807, 2.05) is 88.4 Å². The van der Waals surface area contributed by atoms with Crippen LogP contribution in [0.3, 0.4) is 0 Å². The molecule has 0 atom stereocenters. The number of hydrogen-bond acceptors (Lipinski definition) is 4. The van der Waals surface area contributed by atoms with Gasteiger partial charge in [0, 0.05) is 22.8 Å². The number of hydrogen-bond donors (Lipinski definition) is 2. The minimum Gasteiger partial charge on any atom is -0.306 e. The largest absolute Gasteiger partial charge is 0.346 e. The quantitative estimate of drug-likeness (QED) is 0.462. The average molecular weight is 443 g/mol. The van der Waals surface area contributed by atoms with Gasteiger partial charge in [0.05, 0.1) is 11.4 Å². The zero-order valence-electron chi connectivity index (χ0n) is 19.1. The van der Waals surface area contributed by atoms with E-state index in [0.29, 0.717) is 12.1 Å². The van der Waals surface area contributed by atoms with Crippen molar-refractivity contribution in [3.63, 3.8) is 0 Å². The average Bonchev–Trinajstić information content (AvgIpc) is 3.30. The van der Waals surface area contributed by atoms with Crippen LogP contribution in [0.1, 0.15) is 33.9 Å². The second-order valence-corrected chi connectivity index (χ2v) is 8.07. The second kappa shape index (κ2) is 9.12. The molecule has 0 fully saturated rings. The number of aryl methyl sites for hydroxylation is 4. The zero-order valence-corrected chi connectivity index (χ0v) is 19.1. The summed E-state index contributed by atoms with van der Waals surface area (Å²) in [7, 11) is 0. The van der Waals surface area contributed by atoms with Crippen molar-refractivity contribution in [1.29, 1.82) is 0 Å². The molecular weight excluding hydrogens is 416 g/mol. The van der Waals surface area contributed by atoms with Crippen LogP contribution < -0.4 is 10.6 Å². The molecule has 0 saturated heterocycles. The molecule has 0 spiro atoms. The molecule has 33 heavy (non-hydrogen) atoms. The summed E-state index contributed by atoms with van der Waals surface area (Å²) < 4.78 is 2.72. The Morgan fingerprint density at radius 3 is 1.85 bits per heavy atom. The van der Waals surface area contributed by atoms with Crippen molar-refractivity contribution in [2.24, 2.45) is 0 Å². The minimum absolute atomic E-state index is 0.296. The Kier molecular flexibility index (Phi) is 6.08. The van der Waals surface area contributed by atoms with Crippen LogP contribution in [0.4, 0.5) is 21.0 Å². The molecule has 2 N–H and O–H groups in total. The Hall–Kier alpha value is -4.20. The van der Waals surface area contributed by atoms with Crippen LogP contribution in [0.15, 0.2) is 60.7 Å². The molecule has 2 amide bonds. The van der Waals surface area contributed by atoms with Gasteiger partial charge in [0.1, 0.15) is 0 Å². The van der Waals surface area contributed by atoms with E-state index in [1.165, 1.54) is 9.36 Å². The van der Waals surface area contributed by atoms with Gasteiger partial charge in [-0.3, -0.25) is 0 Å². The molecule has 0 bridgehead atoms. The summed E-state index contributed by atoms with van der Waals surface area (Å²) in [5.74, 6) is 0. The number of nitrogens with zero attached hydrogens (tertiary/aromatic N) is 4. The maximum Gasteiger partial charge on any atom is 0.346 e. The summed E-state index contributed by atoms with van der Waals surface area (Å²) >= 11 is 0. The van der Waals surface area contributed by atoms with Gasteiger partial charge in [-0.2, -0.15) is 19.6 Å².